The maximum Gasteiger partial charge on any atom is 0.266 e. The van der Waals surface area contributed by atoms with E-state index in [1.54, 1.807) is 0 Å². The minimum absolute atomic E-state index is 0.0697. The van der Waals surface area contributed by atoms with E-state index in [0.29, 0.717) is 5.75 Å². The molecule has 7 heteroatoms. The van der Waals surface area contributed by atoms with Crippen molar-refractivity contribution >= 4 is 15.9 Å². The number of hydrogen-bond donors (Lipinski definition) is 2. The van der Waals surface area contributed by atoms with Crippen molar-refractivity contribution in [3.8, 4) is 5.75 Å². The molecule has 2 rings (SSSR count). The van der Waals surface area contributed by atoms with E-state index in [0.717, 1.165) is 0 Å². The molecule has 16 heavy (non-hydrogen) atoms. The van der Waals surface area contributed by atoms with Gasteiger partial charge in [-0.05, 0) is 12.1 Å². The first-order chi connectivity index (χ1) is 7.54. The topological polar surface area (TPSA) is 92.7 Å². The number of sulfonamides is 1. The highest BCUT2D eigenvalue weighted by Gasteiger charge is 2.32. The third-order valence-electron chi connectivity index (χ3n) is 2.07. The lowest BCUT2D eigenvalue weighted by Crippen LogP contribution is -2.20. The number of nitrogens with one attached hydrogen (secondary N) is 1. The Morgan fingerprint density at radius 1 is 1.38 bits per heavy atom. The fourth-order valence-corrected chi connectivity index (χ4v) is 2.58. The Morgan fingerprint density at radius 2 is 2.12 bits per heavy atom. The number of carbonyl (C=O) groups excluding carboxylic acids is 1. The van der Waals surface area contributed by atoms with Crippen LogP contribution in [0.2, 0.25) is 0 Å². The molecule has 6 nitrogen and oxygen atoms in total. The summed E-state index contributed by atoms with van der Waals surface area (Å²) in [7, 11) is -3.74. The van der Waals surface area contributed by atoms with Gasteiger partial charge in [0.2, 0.25) is 0 Å². The molecule has 1 amide bonds. The molecule has 1 heterocycles. The van der Waals surface area contributed by atoms with Crippen molar-refractivity contribution in [1.29, 1.82) is 0 Å². The van der Waals surface area contributed by atoms with E-state index in [-0.39, 0.29) is 23.7 Å². The Balaban J connectivity index is 2.43. The summed E-state index contributed by atoms with van der Waals surface area (Å²) in [6.45, 7) is -0.0960. The molecular formula is C9H9NO5S. The van der Waals surface area contributed by atoms with Gasteiger partial charge in [0.1, 0.15) is 17.3 Å². The number of aliphatic hydroxyl groups is 1. The van der Waals surface area contributed by atoms with E-state index >= 15 is 0 Å². The van der Waals surface area contributed by atoms with E-state index < -0.39 is 15.9 Å². The van der Waals surface area contributed by atoms with Crippen molar-refractivity contribution in [2.24, 2.45) is 0 Å². The average molecular weight is 243 g/mol. The van der Waals surface area contributed by atoms with Crippen LogP contribution in [0.15, 0.2) is 23.1 Å². The van der Waals surface area contributed by atoms with Crippen LogP contribution in [0.3, 0.4) is 0 Å². The molecule has 0 saturated heterocycles. The molecule has 0 fully saturated rings. The van der Waals surface area contributed by atoms with Crippen LogP contribution in [0.1, 0.15) is 10.4 Å². The standard InChI is InChI=1S/C9H9NO5S/c11-3-4-15-6-1-2-7-8(5-6)16(13,14)10-9(7)12/h1-2,5,11H,3-4H2,(H,10,12). The molecule has 0 aliphatic carbocycles. The molecule has 1 aromatic carbocycles. The molecular weight excluding hydrogens is 234 g/mol. The van der Waals surface area contributed by atoms with Gasteiger partial charge in [-0.25, -0.2) is 13.1 Å². The smallest absolute Gasteiger partial charge is 0.266 e. The molecule has 0 unspecified atom stereocenters. The second-order valence-corrected chi connectivity index (χ2v) is 4.82. The van der Waals surface area contributed by atoms with E-state index in [1.165, 1.54) is 18.2 Å². The SMILES string of the molecule is O=C1NS(=O)(=O)c2cc(OCCO)ccc21. The first-order valence-electron chi connectivity index (χ1n) is 4.49. The van der Waals surface area contributed by atoms with Crippen LogP contribution < -0.4 is 9.46 Å². The van der Waals surface area contributed by atoms with E-state index in [4.69, 9.17) is 9.84 Å². The zero-order valence-electron chi connectivity index (χ0n) is 8.13. The lowest BCUT2D eigenvalue weighted by molar-refractivity contribution is 0.0985. The minimum Gasteiger partial charge on any atom is -0.491 e. The molecule has 1 aromatic rings. The summed E-state index contributed by atoms with van der Waals surface area (Å²) in [6.07, 6.45) is 0. The van der Waals surface area contributed by atoms with Crippen LogP contribution in [0, 0.1) is 0 Å². The molecule has 0 atom stereocenters. The third kappa shape index (κ3) is 1.74. The molecule has 0 spiro atoms. The zero-order valence-corrected chi connectivity index (χ0v) is 8.95. The van der Waals surface area contributed by atoms with Crippen LogP contribution in [0.25, 0.3) is 0 Å². The predicted molar refractivity (Wildman–Crippen MR) is 53.7 cm³/mol. The van der Waals surface area contributed by atoms with Crippen molar-refractivity contribution in [2.45, 2.75) is 4.90 Å². The molecule has 0 aromatic heterocycles. The van der Waals surface area contributed by atoms with Gasteiger partial charge in [0.05, 0.1) is 12.2 Å². The van der Waals surface area contributed by atoms with Gasteiger partial charge in [0, 0.05) is 6.07 Å². The molecule has 0 radical (unpaired) electrons. The summed E-state index contributed by atoms with van der Waals surface area (Å²) in [5.74, 6) is -0.336. The van der Waals surface area contributed by atoms with Crippen LogP contribution in [-0.4, -0.2) is 32.6 Å². The highest BCUT2D eigenvalue weighted by Crippen LogP contribution is 2.26. The number of aliphatic hydroxyl groups excluding tert-OH is 1. The number of amides is 1. The fourth-order valence-electron chi connectivity index (χ4n) is 1.40. The normalized spacial score (nSPS) is 16.7. The molecule has 86 valence electrons. The maximum atomic E-state index is 11.5. The first kappa shape index (κ1) is 10.9. The van der Waals surface area contributed by atoms with Gasteiger partial charge in [0.25, 0.3) is 15.9 Å². The van der Waals surface area contributed by atoms with Gasteiger partial charge < -0.3 is 9.84 Å². The lowest BCUT2D eigenvalue weighted by atomic mass is 10.2. The molecule has 1 aliphatic rings. The van der Waals surface area contributed by atoms with E-state index in [9.17, 15) is 13.2 Å². The number of benzene rings is 1. The van der Waals surface area contributed by atoms with Crippen LogP contribution in [-0.2, 0) is 10.0 Å². The van der Waals surface area contributed by atoms with Gasteiger partial charge in [-0.15, -0.1) is 0 Å². The Morgan fingerprint density at radius 3 is 2.81 bits per heavy atom. The van der Waals surface area contributed by atoms with Crippen molar-refractivity contribution in [1.82, 2.24) is 4.72 Å². The molecule has 1 aliphatic heterocycles. The Labute approximate surface area is 91.9 Å². The quantitative estimate of drug-likeness (QED) is 0.745. The largest absolute Gasteiger partial charge is 0.491 e. The van der Waals surface area contributed by atoms with E-state index in [2.05, 4.69) is 0 Å². The lowest BCUT2D eigenvalue weighted by Gasteiger charge is -2.04. The summed E-state index contributed by atoms with van der Waals surface area (Å²) < 4.78 is 29.8. The Bertz CT molecular complexity index is 537. The molecule has 2 N–H and O–H groups in total. The van der Waals surface area contributed by atoms with Gasteiger partial charge in [0.15, 0.2) is 0 Å². The van der Waals surface area contributed by atoms with Crippen LogP contribution >= 0.6 is 0 Å². The molecule has 0 saturated carbocycles. The Kier molecular flexibility index (Phi) is 2.56. The second kappa shape index (κ2) is 3.76. The number of hydrogen-bond acceptors (Lipinski definition) is 5. The van der Waals surface area contributed by atoms with E-state index in [1.807, 2.05) is 4.72 Å². The summed E-state index contributed by atoms with van der Waals surface area (Å²) in [4.78, 5) is 11.1. The third-order valence-corrected chi connectivity index (χ3v) is 3.45. The average Bonchev–Trinajstić information content (AvgIpc) is 2.47. The minimum atomic E-state index is -3.74. The number of fused-ring (bicyclic) bond motifs is 1. The van der Waals surface area contributed by atoms with Crippen molar-refractivity contribution in [2.75, 3.05) is 13.2 Å². The van der Waals surface area contributed by atoms with Crippen LogP contribution in [0.4, 0.5) is 0 Å². The number of rotatable bonds is 3. The Hall–Kier alpha value is -1.60. The fraction of sp³-hybridized carbons (Fsp3) is 0.222. The monoisotopic (exact) mass is 243 g/mol. The highest BCUT2D eigenvalue weighted by atomic mass is 32.2. The maximum absolute atomic E-state index is 11.5. The second-order valence-electron chi connectivity index (χ2n) is 3.16. The van der Waals surface area contributed by atoms with Crippen molar-refractivity contribution < 1.29 is 23.1 Å². The summed E-state index contributed by atoms with van der Waals surface area (Å²) >= 11 is 0. The first-order valence-corrected chi connectivity index (χ1v) is 5.98. The van der Waals surface area contributed by atoms with Crippen molar-refractivity contribution in [3.63, 3.8) is 0 Å². The molecule has 0 bridgehead atoms. The summed E-state index contributed by atoms with van der Waals surface area (Å²) in [5.41, 5.74) is 0.108. The zero-order chi connectivity index (χ0) is 11.8. The highest BCUT2D eigenvalue weighted by molar-refractivity contribution is 7.90. The summed E-state index contributed by atoms with van der Waals surface area (Å²) in [5, 5.41) is 8.56. The van der Waals surface area contributed by atoms with Gasteiger partial charge in [-0.2, -0.15) is 0 Å². The predicted octanol–water partition coefficient (Wildman–Crippen LogP) is -0.510. The number of ether oxygens (including phenoxy) is 1. The van der Waals surface area contributed by atoms with Crippen LogP contribution in [0.5, 0.6) is 5.75 Å². The summed E-state index contributed by atoms with van der Waals surface area (Å²) in [6, 6.07) is 4.12. The van der Waals surface area contributed by atoms with Gasteiger partial charge in [-0.3, -0.25) is 4.79 Å². The van der Waals surface area contributed by atoms with Gasteiger partial charge in [-0.1, -0.05) is 0 Å². The van der Waals surface area contributed by atoms with Crippen molar-refractivity contribution in [3.05, 3.63) is 23.8 Å². The van der Waals surface area contributed by atoms with Gasteiger partial charge >= 0.3 is 0 Å². The number of carbonyl (C=O) groups is 1.